The number of hydrogen-bond donors (Lipinski definition) is 2. The van der Waals surface area contributed by atoms with E-state index in [0.717, 1.165) is 87.4 Å². The minimum absolute atomic E-state index is 0.0744. The van der Waals surface area contributed by atoms with Crippen LogP contribution in [0.5, 0.6) is 0 Å². The lowest BCUT2D eigenvalue weighted by Gasteiger charge is -2.42. The van der Waals surface area contributed by atoms with E-state index in [1.165, 1.54) is 0 Å². The second-order valence-corrected chi connectivity index (χ2v) is 11.3. The molecule has 2 aromatic heterocycles. The third kappa shape index (κ3) is 6.94. The van der Waals surface area contributed by atoms with Crippen LogP contribution in [0.25, 0.3) is 22.3 Å². The molecule has 0 aliphatic carbocycles. The molecule has 4 heterocycles. The lowest BCUT2D eigenvalue weighted by Crippen LogP contribution is -2.49. The molecule has 2 saturated heterocycles. The van der Waals surface area contributed by atoms with Crippen LogP contribution in [-0.4, -0.2) is 81.3 Å². The number of amides is 2. The van der Waals surface area contributed by atoms with E-state index in [2.05, 4.69) is 32.2 Å². The summed E-state index contributed by atoms with van der Waals surface area (Å²) in [4.78, 5) is 43.1. The van der Waals surface area contributed by atoms with Crippen LogP contribution in [0.15, 0.2) is 67.3 Å². The number of fused-ring (bicyclic) bond motifs is 1. The average molecular weight is 583 g/mol. The number of hydrogen-bond acceptors (Lipinski definition) is 8. The molecule has 0 spiro atoms. The Kier molecular flexibility index (Phi) is 8.78. The molecule has 0 bridgehead atoms. The highest BCUT2D eigenvalue weighted by Crippen LogP contribution is 2.33. The van der Waals surface area contributed by atoms with Crippen LogP contribution >= 0.6 is 0 Å². The predicted octanol–water partition coefficient (Wildman–Crippen LogP) is 3.84. The molecule has 2 aromatic carbocycles. The van der Waals surface area contributed by atoms with Gasteiger partial charge in [0, 0.05) is 68.8 Å². The van der Waals surface area contributed by atoms with Crippen LogP contribution in [0.3, 0.4) is 0 Å². The van der Waals surface area contributed by atoms with Gasteiger partial charge in [-0.2, -0.15) is 0 Å². The molecule has 11 nitrogen and oxygen atoms in total. The molecule has 3 N–H and O–H groups in total. The number of ether oxygens (including phenoxy) is 1. The molecule has 4 aromatic rings. The first-order valence-corrected chi connectivity index (χ1v) is 15.1. The van der Waals surface area contributed by atoms with Crippen LogP contribution in [0.2, 0.25) is 0 Å². The number of imidazole rings is 1. The Balaban J connectivity index is 1.15. The number of anilines is 1. The summed E-state index contributed by atoms with van der Waals surface area (Å²) < 4.78 is 7.21. The number of piperidine rings is 2. The van der Waals surface area contributed by atoms with Crippen molar-refractivity contribution in [3.63, 3.8) is 0 Å². The van der Waals surface area contributed by atoms with Crippen molar-refractivity contribution < 1.29 is 14.3 Å². The normalized spacial score (nSPS) is 16.8. The van der Waals surface area contributed by atoms with Crippen molar-refractivity contribution in [2.45, 2.75) is 50.8 Å². The van der Waals surface area contributed by atoms with Gasteiger partial charge in [-0.05, 0) is 50.3 Å². The van der Waals surface area contributed by atoms with Gasteiger partial charge < -0.3 is 25.3 Å². The van der Waals surface area contributed by atoms with Gasteiger partial charge in [0.2, 0.25) is 0 Å². The van der Waals surface area contributed by atoms with Gasteiger partial charge in [-0.15, -0.1) is 0 Å². The average Bonchev–Trinajstić information content (AvgIpc) is 3.56. The van der Waals surface area contributed by atoms with Crippen molar-refractivity contribution in [2.24, 2.45) is 5.73 Å². The Morgan fingerprint density at radius 1 is 0.953 bits per heavy atom. The van der Waals surface area contributed by atoms with Crippen molar-refractivity contribution in [1.82, 2.24) is 29.7 Å². The van der Waals surface area contributed by atoms with Gasteiger partial charge in [0.25, 0.3) is 5.91 Å². The van der Waals surface area contributed by atoms with Gasteiger partial charge in [0.1, 0.15) is 11.8 Å². The van der Waals surface area contributed by atoms with Gasteiger partial charge in [-0.3, -0.25) is 9.69 Å². The number of primary amides is 1. The predicted molar refractivity (Wildman–Crippen MR) is 165 cm³/mol. The van der Waals surface area contributed by atoms with E-state index >= 15 is 0 Å². The van der Waals surface area contributed by atoms with E-state index in [1.807, 2.05) is 47.2 Å². The third-order valence-electron chi connectivity index (χ3n) is 8.43. The summed E-state index contributed by atoms with van der Waals surface area (Å²) in [5.41, 5.74) is 9.07. The van der Waals surface area contributed by atoms with Crippen LogP contribution in [0.1, 0.15) is 42.5 Å². The van der Waals surface area contributed by atoms with Crippen molar-refractivity contribution in [3.8, 4) is 11.3 Å². The number of aryl methyl sites for hydroxylation is 1. The first-order valence-electron chi connectivity index (χ1n) is 15.1. The second kappa shape index (κ2) is 13.2. The molecule has 2 aliphatic rings. The number of aromatic nitrogens is 4. The molecule has 2 aliphatic heterocycles. The Labute approximate surface area is 251 Å². The fourth-order valence-corrected chi connectivity index (χ4v) is 6.15. The first kappa shape index (κ1) is 28.6. The van der Waals surface area contributed by atoms with Gasteiger partial charge in [0.05, 0.1) is 17.4 Å². The third-order valence-corrected chi connectivity index (χ3v) is 8.43. The monoisotopic (exact) mass is 582 g/mol. The molecule has 43 heavy (non-hydrogen) atoms. The van der Waals surface area contributed by atoms with Crippen molar-refractivity contribution in [3.05, 3.63) is 72.8 Å². The van der Waals surface area contributed by atoms with E-state index in [0.29, 0.717) is 23.7 Å². The van der Waals surface area contributed by atoms with Crippen LogP contribution in [-0.2, 0) is 11.3 Å². The highest BCUT2D eigenvalue weighted by atomic mass is 16.6. The number of rotatable bonds is 9. The molecule has 2 fully saturated rings. The minimum atomic E-state index is -0.686. The Morgan fingerprint density at radius 2 is 1.74 bits per heavy atom. The topological polar surface area (TPSA) is 132 Å². The highest BCUT2D eigenvalue weighted by molar-refractivity contribution is 5.98. The van der Waals surface area contributed by atoms with Crippen molar-refractivity contribution in [2.75, 3.05) is 37.6 Å². The molecule has 0 atom stereocenters. The quantitative estimate of drug-likeness (QED) is 0.285. The molecule has 224 valence electrons. The van der Waals surface area contributed by atoms with Crippen molar-refractivity contribution >= 4 is 28.9 Å². The number of nitrogens with two attached hydrogens (primary N) is 1. The molecule has 0 saturated carbocycles. The minimum Gasteiger partial charge on any atom is -0.446 e. The fraction of sp³-hybridized carbons (Fsp3) is 0.406. The summed E-state index contributed by atoms with van der Waals surface area (Å²) in [6.45, 7) is 4.95. The summed E-state index contributed by atoms with van der Waals surface area (Å²) in [6.07, 6.45) is 9.19. The lowest BCUT2D eigenvalue weighted by molar-refractivity contribution is 0.0378. The maximum Gasteiger partial charge on any atom is 0.404 e. The van der Waals surface area contributed by atoms with Crippen molar-refractivity contribution in [1.29, 1.82) is 0 Å². The molecular weight excluding hydrogens is 544 g/mol. The lowest BCUT2D eigenvalue weighted by atomic mass is 9.98. The van der Waals surface area contributed by atoms with Gasteiger partial charge in [-0.25, -0.2) is 19.7 Å². The second-order valence-electron chi connectivity index (χ2n) is 11.3. The SMILES string of the molecule is NC(=O)OC1CCN(C2CCN(c3nc4ccc(C(=O)NCCCn5ccnc5)cc4nc3-c3ccccc3)CC2)CC1. The summed E-state index contributed by atoms with van der Waals surface area (Å²) >= 11 is 0. The number of nitrogens with zero attached hydrogens (tertiary/aromatic N) is 6. The summed E-state index contributed by atoms with van der Waals surface area (Å²) in [7, 11) is 0. The Hall–Kier alpha value is -4.51. The molecule has 0 unspecified atom stereocenters. The molecule has 0 radical (unpaired) electrons. The highest BCUT2D eigenvalue weighted by Gasteiger charge is 2.30. The number of carbonyl (C=O) groups is 2. The smallest absolute Gasteiger partial charge is 0.404 e. The van der Waals surface area contributed by atoms with E-state index in [9.17, 15) is 9.59 Å². The van der Waals surface area contributed by atoms with Crippen LogP contribution in [0.4, 0.5) is 10.6 Å². The molecule has 2 amide bonds. The van der Waals surface area contributed by atoms with E-state index in [-0.39, 0.29) is 12.0 Å². The van der Waals surface area contributed by atoms with E-state index in [4.69, 9.17) is 20.4 Å². The first-order chi connectivity index (χ1) is 21.0. The molecule has 6 rings (SSSR count). The van der Waals surface area contributed by atoms with E-state index in [1.54, 1.807) is 12.5 Å². The summed E-state index contributed by atoms with van der Waals surface area (Å²) in [5, 5.41) is 3.02. The number of benzene rings is 2. The van der Waals surface area contributed by atoms with Crippen LogP contribution < -0.4 is 16.0 Å². The maximum atomic E-state index is 12.9. The number of carbonyl (C=O) groups excluding carboxylic acids is 2. The standard InChI is InChI=1S/C32H38N8O3/c33-32(42)43-26-11-18-39(19-12-26)25-9-16-40(17-10-25)30-29(23-5-2-1-3-6-23)36-28-21-24(7-8-27(28)37-30)31(41)35-13-4-15-38-20-14-34-22-38/h1-3,5-8,14,20-22,25-26H,4,9-13,15-19H2,(H2,33,42)(H,35,41). The van der Waals surface area contributed by atoms with Gasteiger partial charge in [0.15, 0.2) is 5.82 Å². The molecular formula is C32H38N8O3. The maximum absolute atomic E-state index is 12.9. The Morgan fingerprint density at radius 3 is 2.47 bits per heavy atom. The Bertz CT molecular complexity index is 1530. The van der Waals surface area contributed by atoms with Crippen LogP contribution in [0, 0.1) is 0 Å². The fourth-order valence-electron chi connectivity index (χ4n) is 6.15. The van der Waals surface area contributed by atoms with Gasteiger partial charge >= 0.3 is 6.09 Å². The number of nitrogens with one attached hydrogen (secondary N) is 1. The van der Waals surface area contributed by atoms with E-state index < -0.39 is 6.09 Å². The van der Waals surface area contributed by atoms with Gasteiger partial charge in [-0.1, -0.05) is 30.3 Å². The largest absolute Gasteiger partial charge is 0.446 e. The molecule has 11 heteroatoms. The summed E-state index contributed by atoms with van der Waals surface area (Å²) in [6, 6.07) is 16.2. The summed E-state index contributed by atoms with van der Waals surface area (Å²) in [5.74, 6) is 0.759. The number of likely N-dealkylation sites (tertiary alicyclic amines) is 1. The zero-order valence-corrected chi connectivity index (χ0v) is 24.3. The zero-order valence-electron chi connectivity index (χ0n) is 24.3. The zero-order chi connectivity index (χ0) is 29.6.